The molecular weight excluding hydrogens is 290 g/mol. The Kier molecular flexibility index (Phi) is 4.47. The van der Waals surface area contributed by atoms with Crippen molar-refractivity contribution in [1.29, 1.82) is 5.26 Å². The lowest BCUT2D eigenvalue weighted by molar-refractivity contribution is -0.133. The van der Waals surface area contributed by atoms with Crippen LogP contribution in [0.1, 0.15) is 38.3 Å². The van der Waals surface area contributed by atoms with E-state index in [9.17, 15) is 18.7 Å². The molecule has 1 aliphatic rings. The van der Waals surface area contributed by atoms with Crippen LogP contribution in [0.4, 0.5) is 8.78 Å². The number of carbonyl (C=O) groups is 1. The van der Waals surface area contributed by atoms with Gasteiger partial charge < -0.3 is 10.0 Å². The van der Waals surface area contributed by atoms with Crippen LogP contribution in [-0.2, 0) is 4.79 Å². The average molecular weight is 308 g/mol. The first-order valence-electron chi connectivity index (χ1n) is 7.07. The molecule has 1 aromatic carbocycles. The third-order valence-electron chi connectivity index (χ3n) is 3.82. The van der Waals surface area contributed by atoms with Crippen LogP contribution in [-0.4, -0.2) is 28.6 Å². The quantitative estimate of drug-likeness (QED) is 0.933. The van der Waals surface area contributed by atoms with Crippen molar-refractivity contribution in [2.24, 2.45) is 5.41 Å². The first-order chi connectivity index (χ1) is 10.2. The molecule has 2 rings (SSSR count). The summed E-state index contributed by atoms with van der Waals surface area (Å²) in [6.45, 7) is 3.44. The Morgan fingerprint density at radius 1 is 1.45 bits per heavy atom. The van der Waals surface area contributed by atoms with Crippen LogP contribution in [0.3, 0.4) is 0 Å². The van der Waals surface area contributed by atoms with Crippen LogP contribution >= 0.6 is 0 Å². The number of halogens is 2. The molecule has 1 saturated heterocycles. The van der Waals surface area contributed by atoms with Crippen molar-refractivity contribution in [3.8, 4) is 6.07 Å². The minimum atomic E-state index is -0.983. The zero-order valence-corrected chi connectivity index (χ0v) is 12.5. The van der Waals surface area contributed by atoms with Gasteiger partial charge in [-0.05, 0) is 38.0 Å². The number of β-amino-alcohol motifs (C(OH)–C–C–N with tert-alkyl or cyclic N) is 1. The van der Waals surface area contributed by atoms with E-state index in [1.165, 1.54) is 11.0 Å². The SMILES string of the molecule is CC(C)(C#N)CC(=O)N1C[C@@H](O)C[C@@H]1c1ccc(F)c(F)c1. The number of nitrogens with zero attached hydrogens (tertiary/aromatic N) is 2. The summed E-state index contributed by atoms with van der Waals surface area (Å²) in [5, 5.41) is 18.9. The molecule has 22 heavy (non-hydrogen) atoms. The number of benzene rings is 1. The van der Waals surface area contributed by atoms with E-state index in [-0.39, 0.29) is 25.3 Å². The highest BCUT2D eigenvalue weighted by Gasteiger charge is 2.37. The van der Waals surface area contributed by atoms with E-state index in [0.717, 1.165) is 12.1 Å². The predicted octanol–water partition coefficient (Wildman–Crippen LogP) is 2.54. The van der Waals surface area contributed by atoms with Gasteiger partial charge in [0.05, 0.1) is 23.6 Å². The number of rotatable bonds is 3. The van der Waals surface area contributed by atoms with Crippen LogP contribution in [0.15, 0.2) is 18.2 Å². The number of likely N-dealkylation sites (tertiary alicyclic amines) is 1. The van der Waals surface area contributed by atoms with Crippen LogP contribution in [0.2, 0.25) is 0 Å². The Morgan fingerprint density at radius 2 is 2.14 bits per heavy atom. The molecule has 1 aliphatic heterocycles. The molecule has 0 radical (unpaired) electrons. The van der Waals surface area contributed by atoms with Gasteiger partial charge in [-0.3, -0.25) is 4.79 Å². The van der Waals surface area contributed by atoms with Crippen LogP contribution < -0.4 is 0 Å². The smallest absolute Gasteiger partial charge is 0.224 e. The summed E-state index contributed by atoms with van der Waals surface area (Å²) in [7, 11) is 0. The van der Waals surface area contributed by atoms with Gasteiger partial charge in [-0.2, -0.15) is 5.26 Å². The highest BCUT2D eigenvalue weighted by molar-refractivity contribution is 5.78. The molecule has 1 aromatic rings. The second kappa shape index (κ2) is 6.01. The molecule has 0 aliphatic carbocycles. The van der Waals surface area contributed by atoms with Gasteiger partial charge in [-0.1, -0.05) is 6.07 Å². The lowest BCUT2D eigenvalue weighted by Crippen LogP contribution is -2.34. The summed E-state index contributed by atoms with van der Waals surface area (Å²) in [5.74, 6) is -2.22. The lowest BCUT2D eigenvalue weighted by atomic mass is 9.90. The minimum Gasteiger partial charge on any atom is -0.391 e. The van der Waals surface area contributed by atoms with Gasteiger partial charge in [-0.25, -0.2) is 8.78 Å². The molecule has 1 N–H and O–H groups in total. The fraction of sp³-hybridized carbons (Fsp3) is 0.500. The molecule has 1 heterocycles. The van der Waals surface area contributed by atoms with Crippen molar-refractivity contribution in [3.63, 3.8) is 0 Å². The Hall–Kier alpha value is -2.00. The normalized spacial score (nSPS) is 21.7. The van der Waals surface area contributed by atoms with E-state index < -0.39 is 29.2 Å². The summed E-state index contributed by atoms with van der Waals surface area (Å²) in [5.41, 5.74) is -0.373. The van der Waals surface area contributed by atoms with Crippen molar-refractivity contribution >= 4 is 5.91 Å². The van der Waals surface area contributed by atoms with Crippen LogP contribution in [0.5, 0.6) is 0 Å². The first-order valence-corrected chi connectivity index (χ1v) is 7.07. The summed E-state index contributed by atoms with van der Waals surface area (Å²) >= 11 is 0. The maximum absolute atomic E-state index is 13.4. The molecule has 0 unspecified atom stereocenters. The molecule has 4 nitrogen and oxygen atoms in total. The van der Waals surface area contributed by atoms with E-state index in [0.29, 0.717) is 5.56 Å². The van der Waals surface area contributed by atoms with Crippen molar-refractivity contribution < 1.29 is 18.7 Å². The highest BCUT2D eigenvalue weighted by atomic mass is 19.2. The zero-order valence-electron chi connectivity index (χ0n) is 12.5. The summed E-state index contributed by atoms with van der Waals surface area (Å²) in [6.07, 6.45) is -0.438. The Balaban J connectivity index is 2.24. The van der Waals surface area contributed by atoms with Gasteiger partial charge in [0.2, 0.25) is 5.91 Å². The second-order valence-corrected chi connectivity index (χ2v) is 6.30. The average Bonchev–Trinajstić information content (AvgIpc) is 2.83. The van der Waals surface area contributed by atoms with Crippen LogP contribution in [0.25, 0.3) is 0 Å². The number of carbonyl (C=O) groups excluding carboxylic acids is 1. The van der Waals surface area contributed by atoms with Gasteiger partial charge in [0.15, 0.2) is 11.6 Å². The van der Waals surface area contributed by atoms with Gasteiger partial charge >= 0.3 is 0 Å². The molecule has 118 valence electrons. The largest absolute Gasteiger partial charge is 0.391 e. The Morgan fingerprint density at radius 3 is 2.73 bits per heavy atom. The standard InChI is InChI=1S/C16H18F2N2O2/c1-16(2,9-19)7-15(22)20-8-11(21)6-14(20)10-3-4-12(17)13(18)5-10/h3-5,11,14,21H,6-8H2,1-2H3/t11-,14+/m0/s1. The number of aliphatic hydroxyl groups is 1. The van der Waals surface area contributed by atoms with E-state index in [1.807, 2.05) is 0 Å². The van der Waals surface area contributed by atoms with Crippen LogP contribution in [0, 0.1) is 28.4 Å². The molecule has 0 spiro atoms. The maximum Gasteiger partial charge on any atom is 0.224 e. The third-order valence-corrected chi connectivity index (χ3v) is 3.82. The molecule has 2 atom stereocenters. The predicted molar refractivity (Wildman–Crippen MR) is 75.4 cm³/mol. The number of hydrogen-bond acceptors (Lipinski definition) is 3. The lowest BCUT2D eigenvalue weighted by Gasteiger charge is -2.27. The van der Waals surface area contributed by atoms with E-state index in [1.54, 1.807) is 13.8 Å². The topological polar surface area (TPSA) is 64.3 Å². The number of amides is 1. The number of hydrogen-bond donors (Lipinski definition) is 1. The van der Waals surface area contributed by atoms with Crippen molar-refractivity contribution in [3.05, 3.63) is 35.4 Å². The minimum absolute atomic E-state index is 0.0103. The Labute approximate surface area is 128 Å². The van der Waals surface area contributed by atoms with Gasteiger partial charge in [-0.15, -0.1) is 0 Å². The monoisotopic (exact) mass is 308 g/mol. The molecule has 0 bridgehead atoms. The van der Waals surface area contributed by atoms with E-state index in [4.69, 9.17) is 5.26 Å². The van der Waals surface area contributed by atoms with Crippen molar-refractivity contribution in [1.82, 2.24) is 4.90 Å². The van der Waals surface area contributed by atoms with Gasteiger partial charge in [0, 0.05) is 13.0 Å². The zero-order chi connectivity index (χ0) is 16.5. The fourth-order valence-corrected chi connectivity index (χ4v) is 2.64. The first kappa shape index (κ1) is 16.4. The Bertz CT molecular complexity index is 625. The van der Waals surface area contributed by atoms with Gasteiger partial charge in [0.1, 0.15) is 0 Å². The summed E-state index contributed by atoms with van der Waals surface area (Å²) in [4.78, 5) is 13.8. The summed E-state index contributed by atoms with van der Waals surface area (Å²) < 4.78 is 26.4. The molecule has 0 aromatic heterocycles. The van der Waals surface area contributed by atoms with Crippen molar-refractivity contribution in [2.45, 2.75) is 38.8 Å². The fourth-order valence-electron chi connectivity index (χ4n) is 2.64. The number of aliphatic hydroxyl groups excluding tert-OH is 1. The molecule has 6 heteroatoms. The summed E-state index contributed by atoms with van der Waals surface area (Å²) in [6, 6.07) is 5.03. The van der Waals surface area contributed by atoms with Crippen molar-refractivity contribution in [2.75, 3.05) is 6.54 Å². The third kappa shape index (κ3) is 3.42. The maximum atomic E-state index is 13.4. The molecular formula is C16H18F2N2O2. The molecule has 0 saturated carbocycles. The number of nitriles is 1. The van der Waals surface area contributed by atoms with E-state index in [2.05, 4.69) is 6.07 Å². The van der Waals surface area contributed by atoms with Gasteiger partial charge in [0.25, 0.3) is 0 Å². The van der Waals surface area contributed by atoms with E-state index >= 15 is 0 Å². The molecule has 1 fully saturated rings. The molecule has 1 amide bonds. The highest BCUT2D eigenvalue weighted by Crippen LogP contribution is 2.34. The second-order valence-electron chi connectivity index (χ2n) is 6.30.